The molecule has 4 atom stereocenters. The molecule has 2 fully saturated rings. The van der Waals surface area contributed by atoms with Gasteiger partial charge in [0.25, 0.3) is 0 Å². The Hall–Kier alpha value is -1.66. The van der Waals surface area contributed by atoms with Crippen molar-refractivity contribution < 1.29 is 19.1 Å². The van der Waals surface area contributed by atoms with Gasteiger partial charge in [0.1, 0.15) is 5.82 Å². The highest BCUT2D eigenvalue weighted by Crippen LogP contribution is 2.58. The number of carbonyl (C=O) groups excluding carboxylic acids is 1. The Balaban J connectivity index is 1.82. The molecule has 148 valence electrons. The van der Waals surface area contributed by atoms with E-state index in [4.69, 9.17) is 11.6 Å². The van der Waals surface area contributed by atoms with Gasteiger partial charge >= 0.3 is 5.97 Å². The first kappa shape index (κ1) is 20.1. The fourth-order valence-corrected chi connectivity index (χ4v) is 4.64. The Labute approximate surface area is 163 Å². The predicted molar refractivity (Wildman–Crippen MR) is 101 cm³/mol. The van der Waals surface area contributed by atoms with Crippen molar-refractivity contribution in [2.24, 2.45) is 17.3 Å². The van der Waals surface area contributed by atoms with Crippen LogP contribution in [0.5, 0.6) is 0 Å². The normalized spacial score (nSPS) is 29.7. The van der Waals surface area contributed by atoms with Crippen LogP contribution in [0, 0.1) is 23.1 Å². The number of carboxylic acid groups (broad SMARTS) is 1. The van der Waals surface area contributed by atoms with Crippen LogP contribution in [0.2, 0.25) is 5.02 Å². The number of nitrogens with zero attached hydrogens (tertiary/aromatic N) is 1. The molecule has 0 bridgehead atoms. The van der Waals surface area contributed by atoms with E-state index in [0.29, 0.717) is 0 Å². The van der Waals surface area contributed by atoms with Crippen LogP contribution in [0.3, 0.4) is 0 Å². The summed E-state index contributed by atoms with van der Waals surface area (Å²) in [6.07, 6.45) is 0.726. The van der Waals surface area contributed by atoms with Gasteiger partial charge in [-0.1, -0.05) is 31.5 Å². The van der Waals surface area contributed by atoms with Gasteiger partial charge in [0.05, 0.1) is 22.9 Å². The van der Waals surface area contributed by atoms with Crippen molar-refractivity contribution >= 4 is 23.5 Å². The maximum atomic E-state index is 14.0. The lowest BCUT2D eigenvalue weighted by Crippen LogP contribution is -2.42. The molecule has 2 aliphatic rings. The number of rotatable bonds is 5. The summed E-state index contributed by atoms with van der Waals surface area (Å²) in [6.45, 7) is 8.50. The van der Waals surface area contributed by atoms with Crippen LogP contribution in [-0.2, 0) is 9.59 Å². The topological polar surface area (TPSA) is 69.6 Å². The number of hydrogen-bond acceptors (Lipinski definition) is 3. The molecule has 1 saturated heterocycles. The number of nitrogens with one attached hydrogen (secondary N) is 1. The van der Waals surface area contributed by atoms with E-state index in [0.717, 1.165) is 18.5 Å². The zero-order valence-electron chi connectivity index (χ0n) is 16.0. The number of benzene rings is 1. The van der Waals surface area contributed by atoms with E-state index >= 15 is 0 Å². The Kier molecular flexibility index (Phi) is 5.25. The molecule has 1 aliphatic carbocycles. The second-order valence-corrected chi connectivity index (χ2v) is 8.88. The van der Waals surface area contributed by atoms with Crippen LogP contribution in [0.25, 0.3) is 0 Å². The van der Waals surface area contributed by atoms with Gasteiger partial charge < -0.3 is 10.4 Å². The first-order valence-corrected chi connectivity index (χ1v) is 9.67. The summed E-state index contributed by atoms with van der Waals surface area (Å²) in [6, 6.07) is 4.59. The number of carboxylic acids is 1. The molecule has 7 heteroatoms. The fraction of sp³-hybridized carbons (Fsp3) is 0.600. The molecule has 2 N–H and O–H groups in total. The third kappa shape index (κ3) is 3.57. The van der Waals surface area contributed by atoms with Crippen LogP contribution in [0.4, 0.5) is 4.39 Å². The molecule has 1 amide bonds. The van der Waals surface area contributed by atoms with Gasteiger partial charge in [-0.05, 0) is 43.4 Å². The van der Waals surface area contributed by atoms with Crippen molar-refractivity contribution in [3.63, 3.8) is 0 Å². The Morgan fingerprint density at radius 3 is 2.52 bits per heavy atom. The first-order valence-electron chi connectivity index (χ1n) is 9.29. The average molecular weight is 397 g/mol. The number of aliphatic carboxylic acids is 1. The average Bonchev–Trinajstić information content (AvgIpc) is 2.94. The smallest absolute Gasteiger partial charge is 0.307 e. The summed E-state index contributed by atoms with van der Waals surface area (Å²) in [5.74, 6) is -2.85. The van der Waals surface area contributed by atoms with E-state index in [1.165, 1.54) is 12.1 Å². The zero-order valence-corrected chi connectivity index (χ0v) is 16.8. The minimum atomic E-state index is -0.938. The molecule has 27 heavy (non-hydrogen) atoms. The second-order valence-electron chi connectivity index (χ2n) is 8.47. The number of amides is 1. The molecular formula is C20H26ClFN2O3. The molecule has 0 radical (unpaired) electrons. The first-order chi connectivity index (χ1) is 12.6. The summed E-state index contributed by atoms with van der Waals surface area (Å²) in [5, 5.41) is 12.4. The van der Waals surface area contributed by atoms with Gasteiger partial charge in [-0.2, -0.15) is 0 Å². The monoisotopic (exact) mass is 396 g/mol. The van der Waals surface area contributed by atoms with Crippen molar-refractivity contribution in [3.8, 4) is 0 Å². The SMILES string of the molecule is CC(C)N1CCC(NC(=O)[C@@H]2[C@H](C(=O)O)C2(C)C)C1c1ccc(Cl)c(F)c1. The van der Waals surface area contributed by atoms with E-state index in [1.54, 1.807) is 19.9 Å². The van der Waals surface area contributed by atoms with Gasteiger partial charge in [0.15, 0.2) is 0 Å². The number of hydrogen-bond donors (Lipinski definition) is 2. The maximum absolute atomic E-state index is 14.0. The summed E-state index contributed by atoms with van der Waals surface area (Å²) in [7, 11) is 0. The zero-order chi connectivity index (χ0) is 20.1. The lowest BCUT2D eigenvalue weighted by Gasteiger charge is -2.32. The minimum absolute atomic E-state index is 0.0671. The summed E-state index contributed by atoms with van der Waals surface area (Å²) in [5.41, 5.74) is 0.215. The van der Waals surface area contributed by atoms with E-state index < -0.39 is 29.0 Å². The van der Waals surface area contributed by atoms with E-state index in [2.05, 4.69) is 24.1 Å². The highest BCUT2D eigenvalue weighted by atomic mass is 35.5. The lowest BCUT2D eigenvalue weighted by molar-refractivity contribution is -0.140. The summed E-state index contributed by atoms with van der Waals surface area (Å²) < 4.78 is 14.0. The summed E-state index contributed by atoms with van der Waals surface area (Å²) >= 11 is 5.82. The minimum Gasteiger partial charge on any atom is -0.481 e. The molecule has 1 aromatic carbocycles. The molecule has 0 aromatic heterocycles. The second kappa shape index (κ2) is 7.06. The molecule has 2 unspecified atom stereocenters. The van der Waals surface area contributed by atoms with Gasteiger partial charge in [-0.25, -0.2) is 4.39 Å². The van der Waals surface area contributed by atoms with Crippen molar-refractivity contribution in [2.45, 2.75) is 52.2 Å². The van der Waals surface area contributed by atoms with Crippen LogP contribution in [0.1, 0.15) is 45.7 Å². The van der Waals surface area contributed by atoms with Crippen molar-refractivity contribution in [2.75, 3.05) is 6.54 Å². The van der Waals surface area contributed by atoms with Gasteiger partial charge in [0, 0.05) is 18.6 Å². The molecule has 1 aliphatic heterocycles. The van der Waals surface area contributed by atoms with Crippen LogP contribution in [-0.4, -0.2) is 40.5 Å². The van der Waals surface area contributed by atoms with Crippen LogP contribution in [0.15, 0.2) is 18.2 Å². The number of likely N-dealkylation sites (tertiary alicyclic amines) is 1. The fourth-order valence-electron chi connectivity index (χ4n) is 4.53. The van der Waals surface area contributed by atoms with Crippen molar-refractivity contribution in [1.82, 2.24) is 10.2 Å². The lowest BCUT2D eigenvalue weighted by atomic mass is 9.98. The van der Waals surface area contributed by atoms with Crippen LogP contribution < -0.4 is 5.32 Å². The molecule has 1 heterocycles. The van der Waals surface area contributed by atoms with E-state index in [9.17, 15) is 19.1 Å². The van der Waals surface area contributed by atoms with Crippen molar-refractivity contribution in [1.29, 1.82) is 0 Å². The van der Waals surface area contributed by atoms with E-state index in [1.807, 2.05) is 0 Å². The third-order valence-electron chi connectivity index (χ3n) is 6.09. The van der Waals surface area contributed by atoms with Crippen LogP contribution >= 0.6 is 11.6 Å². The summed E-state index contributed by atoms with van der Waals surface area (Å²) in [4.78, 5) is 26.4. The third-order valence-corrected chi connectivity index (χ3v) is 6.40. The quantitative estimate of drug-likeness (QED) is 0.799. The highest BCUT2D eigenvalue weighted by Gasteiger charge is 2.66. The molecule has 1 aromatic rings. The Bertz CT molecular complexity index is 768. The predicted octanol–water partition coefficient (Wildman–Crippen LogP) is 3.48. The van der Waals surface area contributed by atoms with Gasteiger partial charge in [-0.3, -0.25) is 14.5 Å². The van der Waals surface area contributed by atoms with Crippen molar-refractivity contribution in [3.05, 3.63) is 34.6 Å². The molecular weight excluding hydrogens is 371 g/mol. The Morgan fingerprint density at radius 2 is 2.00 bits per heavy atom. The molecule has 5 nitrogen and oxygen atoms in total. The van der Waals surface area contributed by atoms with Gasteiger partial charge in [0.2, 0.25) is 5.91 Å². The number of halogens is 2. The standard InChI is InChI=1S/C20H26ClFN2O3/c1-10(2)24-8-7-14(17(24)11-5-6-12(21)13(22)9-11)23-18(25)15-16(19(26)27)20(15,3)4/h5-6,9-10,14-17H,7-8H2,1-4H3,(H,23,25)(H,26,27)/t14?,15-,16+,17?/m0/s1. The van der Waals surface area contributed by atoms with Gasteiger partial charge in [-0.15, -0.1) is 0 Å². The van der Waals surface area contributed by atoms with E-state index in [-0.39, 0.29) is 29.1 Å². The molecule has 0 spiro atoms. The highest BCUT2D eigenvalue weighted by molar-refractivity contribution is 6.30. The Morgan fingerprint density at radius 1 is 1.33 bits per heavy atom. The largest absolute Gasteiger partial charge is 0.481 e. The molecule has 1 saturated carbocycles. The maximum Gasteiger partial charge on any atom is 0.307 e. The number of carbonyl (C=O) groups is 2. The molecule has 3 rings (SSSR count).